The number of benzene rings is 1. The Morgan fingerprint density at radius 3 is 2.28 bits per heavy atom. The zero-order valence-electron chi connectivity index (χ0n) is 16.4. The largest absolute Gasteiger partial charge is 0.416 e. The molecule has 0 aliphatic heterocycles. The summed E-state index contributed by atoms with van der Waals surface area (Å²) in [6.45, 7) is 7.11. The number of aryl methyl sites for hydroxylation is 3. The number of aromatic nitrogens is 3. The second-order valence-corrected chi connectivity index (χ2v) is 8.56. The first-order valence-corrected chi connectivity index (χ1v) is 10.5. The summed E-state index contributed by atoms with van der Waals surface area (Å²) in [5.74, 6) is 0.341. The van der Waals surface area contributed by atoms with Crippen LogP contribution in [0.1, 0.15) is 42.7 Å². The Balaban J connectivity index is 2.01. The van der Waals surface area contributed by atoms with Crippen molar-refractivity contribution in [1.82, 2.24) is 19.3 Å². The van der Waals surface area contributed by atoms with Crippen LogP contribution in [0.15, 0.2) is 35.2 Å². The standard InChI is InChI=1S/C19H21F3N4O2S/c1-5-26-17-10-14(19(20,21)22)6-7-16(17)24-18(26)13(4)25-29(27,28)15-8-11(2)23-12(3)9-15/h6-10,13,25H,5H2,1-4H3. The average molecular weight is 426 g/mol. The number of halogens is 3. The molecule has 2 heterocycles. The third kappa shape index (κ3) is 4.27. The Morgan fingerprint density at radius 2 is 1.72 bits per heavy atom. The Labute approximate surface area is 166 Å². The van der Waals surface area contributed by atoms with Gasteiger partial charge in [0, 0.05) is 17.9 Å². The molecular formula is C19H21F3N4O2S. The van der Waals surface area contributed by atoms with Gasteiger partial charge in [-0.15, -0.1) is 0 Å². The lowest BCUT2D eigenvalue weighted by Gasteiger charge is -2.16. The monoisotopic (exact) mass is 426 g/mol. The van der Waals surface area contributed by atoms with Crippen molar-refractivity contribution < 1.29 is 21.6 Å². The van der Waals surface area contributed by atoms with Crippen LogP contribution in [0.25, 0.3) is 11.0 Å². The van der Waals surface area contributed by atoms with Gasteiger partial charge < -0.3 is 4.57 Å². The van der Waals surface area contributed by atoms with Crippen LogP contribution in [-0.4, -0.2) is 23.0 Å². The van der Waals surface area contributed by atoms with Crippen LogP contribution in [0, 0.1) is 13.8 Å². The van der Waals surface area contributed by atoms with Gasteiger partial charge in [0.25, 0.3) is 0 Å². The van der Waals surface area contributed by atoms with Gasteiger partial charge in [-0.2, -0.15) is 13.2 Å². The third-order valence-corrected chi connectivity index (χ3v) is 6.03. The lowest BCUT2D eigenvalue weighted by atomic mass is 10.2. The van der Waals surface area contributed by atoms with Crippen molar-refractivity contribution in [1.29, 1.82) is 0 Å². The minimum Gasteiger partial charge on any atom is -0.327 e. The van der Waals surface area contributed by atoms with E-state index in [4.69, 9.17) is 0 Å². The molecule has 29 heavy (non-hydrogen) atoms. The highest BCUT2D eigenvalue weighted by Crippen LogP contribution is 2.32. The number of hydrogen-bond donors (Lipinski definition) is 1. The fourth-order valence-corrected chi connectivity index (χ4v) is 4.64. The molecule has 0 saturated carbocycles. The molecule has 3 aromatic rings. The number of fused-ring (bicyclic) bond motifs is 1. The van der Waals surface area contributed by atoms with Crippen LogP contribution in [0.5, 0.6) is 0 Å². The molecule has 156 valence electrons. The van der Waals surface area contributed by atoms with Crippen molar-refractivity contribution in [2.45, 2.75) is 51.4 Å². The van der Waals surface area contributed by atoms with E-state index < -0.39 is 27.8 Å². The fourth-order valence-electron chi connectivity index (χ4n) is 3.29. The van der Waals surface area contributed by atoms with Crippen LogP contribution >= 0.6 is 0 Å². The fraction of sp³-hybridized carbons (Fsp3) is 0.368. The van der Waals surface area contributed by atoms with E-state index in [1.54, 1.807) is 32.3 Å². The Morgan fingerprint density at radius 1 is 1.10 bits per heavy atom. The van der Waals surface area contributed by atoms with Gasteiger partial charge in [-0.3, -0.25) is 4.98 Å². The molecule has 10 heteroatoms. The maximum atomic E-state index is 13.1. The van der Waals surface area contributed by atoms with Crippen molar-refractivity contribution in [2.24, 2.45) is 0 Å². The second kappa shape index (κ2) is 7.42. The smallest absolute Gasteiger partial charge is 0.327 e. The van der Waals surface area contributed by atoms with Gasteiger partial charge in [-0.25, -0.2) is 18.1 Å². The molecular weight excluding hydrogens is 405 g/mol. The molecule has 0 aliphatic carbocycles. The van der Waals surface area contributed by atoms with Crippen LogP contribution in [0.4, 0.5) is 13.2 Å². The van der Waals surface area contributed by atoms with Gasteiger partial charge in [-0.1, -0.05) is 0 Å². The highest BCUT2D eigenvalue weighted by Gasteiger charge is 2.31. The summed E-state index contributed by atoms with van der Waals surface area (Å²) in [6.07, 6.45) is -4.47. The minimum absolute atomic E-state index is 0.0767. The van der Waals surface area contributed by atoms with E-state index >= 15 is 0 Å². The first-order chi connectivity index (χ1) is 13.4. The van der Waals surface area contributed by atoms with E-state index in [0.717, 1.165) is 12.1 Å². The SMILES string of the molecule is CCn1c(C(C)NS(=O)(=O)c2cc(C)nc(C)c2)nc2ccc(C(F)(F)F)cc21. The van der Waals surface area contributed by atoms with Crippen LogP contribution in [-0.2, 0) is 22.7 Å². The number of sulfonamides is 1. The molecule has 3 rings (SSSR count). The molecule has 6 nitrogen and oxygen atoms in total. The van der Waals surface area contributed by atoms with E-state index in [-0.39, 0.29) is 4.90 Å². The molecule has 1 N–H and O–H groups in total. The predicted molar refractivity (Wildman–Crippen MR) is 103 cm³/mol. The molecule has 1 unspecified atom stereocenters. The number of rotatable bonds is 5. The topological polar surface area (TPSA) is 76.9 Å². The summed E-state index contributed by atoms with van der Waals surface area (Å²) in [5.41, 5.74) is 1.04. The third-order valence-electron chi connectivity index (χ3n) is 4.51. The van der Waals surface area contributed by atoms with Crippen molar-refractivity contribution in [3.8, 4) is 0 Å². The molecule has 0 spiro atoms. The molecule has 0 saturated heterocycles. The molecule has 0 aliphatic rings. The van der Waals surface area contributed by atoms with Gasteiger partial charge in [0.1, 0.15) is 5.82 Å². The van der Waals surface area contributed by atoms with Crippen LogP contribution in [0.2, 0.25) is 0 Å². The van der Waals surface area contributed by atoms with Crippen molar-refractivity contribution in [3.05, 3.63) is 53.1 Å². The van der Waals surface area contributed by atoms with Gasteiger partial charge in [0.15, 0.2) is 0 Å². The summed E-state index contributed by atoms with van der Waals surface area (Å²) in [6, 6.07) is 5.46. The lowest BCUT2D eigenvalue weighted by molar-refractivity contribution is -0.137. The molecule has 2 aromatic heterocycles. The van der Waals surface area contributed by atoms with E-state index in [1.165, 1.54) is 18.2 Å². The van der Waals surface area contributed by atoms with E-state index in [2.05, 4.69) is 14.7 Å². The maximum Gasteiger partial charge on any atom is 0.416 e. The zero-order valence-corrected chi connectivity index (χ0v) is 17.2. The van der Waals surface area contributed by atoms with Gasteiger partial charge >= 0.3 is 6.18 Å². The highest BCUT2D eigenvalue weighted by molar-refractivity contribution is 7.89. The Bertz CT molecular complexity index is 1150. The van der Waals surface area contributed by atoms with Crippen LogP contribution < -0.4 is 4.72 Å². The maximum absolute atomic E-state index is 13.1. The first kappa shape index (κ1) is 21.3. The molecule has 0 bridgehead atoms. The second-order valence-electron chi connectivity index (χ2n) is 6.84. The number of hydrogen-bond acceptors (Lipinski definition) is 4. The first-order valence-electron chi connectivity index (χ1n) is 8.97. The molecule has 0 amide bonds. The molecule has 1 aromatic carbocycles. The van der Waals surface area contributed by atoms with E-state index in [0.29, 0.717) is 34.8 Å². The van der Waals surface area contributed by atoms with Crippen LogP contribution in [0.3, 0.4) is 0 Å². The normalized spacial score (nSPS) is 13.8. The predicted octanol–water partition coefficient (Wildman–Crippen LogP) is 4.13. The Hall–Kier alpha value is -2.46. The molecule has 0 radical (unpaired) electrons. The lowest BCUT2D eigenvalue weighted by Crippen LogP contribution is -2.29. The summed E-state index contributed by atoms with van der Waals surface area (Å²) < 4.78 is 68.9. The number of nitrogens with one attached hydrogen (secondary N) is 1. The van der Waals surface area contributed by atoms with E-state index in [1.807, 2.05) is 0 Å². The summed E-state index contributed by atoms with van der Waals surface area (Å²) in [4.78, 5) is 8.62. The number of imidazole rings is 1. The summed E-state index contributed by atoms with van der Waals surface area (Å²) >= 11 is 0. The van der Waals surface area contributed by atoms with Gasteiger partial charge in [0.2, 0.25) is 10.0 Å². The van der Waals surface area contributed by atoms with E-state index in [9.17, 15) is 21.6 Å². The average Bonchev–Trinajstić information content (AvgIpc) is 2.97. The number of pyridine rings is 1. The van der Waals surface area contributed by atoms with Crippen molar-refractivity contribution in [3.63, 3.8) is 0 Å². The minimum atomic E-state index is -4.47. The zero-order chi connectivity index (χ0) is 21.6. The van der Waals surface area contributed by atoms with Crippen molar-refractivity contribution in [2.75, 3.05) is 0 Å². The Kier molecular flexibility index (Phi) is 5.44. The van der Waals surface area contributed by atoms with Gasteiger partial charge in [0.05, 0.1) is 27.5 Å². The number of nitrogens with zero attached hydrogens (tertiary/aromatic N) is 3. The van der Waals surface area contributed by atoms with Crippen molar-refractivity contribution >= 4 is 21.1 Å². The highest BCUT2D eigenvalue weighted by atomic mass is 32.2. The summed E-state index contributed by atoms with van der Waals surface area (Å²) in [5, 5.41) is 0. The molecule has 1 atom stereocenters. The summed E-state index contributed by atoms with van der Waals surface area (Å²) in [7, 11) is -3.87. The van der Waals surface area contributed by atoms with Gasteiger partial charge in [-0.05, 0) is 58.0 Å². The quantitative estimate of drug-likeness (QED) is 0.666. The molecule has 0 fully saturated rings. The number of alkyl halides is 3.